The number of nitrogens with one attached hydrogen (secondary N) is 2. The first-order valence-corrected chi connectivity index (χ1v) is 9.43. The lowest BCUT2D eigenvalue weighted by molar-refractivity contribution is -0.118. The molecule has 4 rings (SSSR count). The van der Waals surface area contributed by atoms with Gasteiger partial charge in [-0.25, -0.2) is 4.68 Å². The molecule has 142 valence electrons. The Bertz CT molecular complexity index is 825. The maximum absolute atomic E-state index is 12.7. The molecule has 27 heavy (non-hydrogen) atoms. The molecule has 2 aliphatic rings. The van der Waals surface area contributed by atoms with E-state index in [-0.39, 0.29) is 23.6 Å². The topological polar surface area (TPSA) is 92.2 Å². The van der Waals surface area contributed by atoms with Gasteiger partial charge in [0, 0.05) is 12.2 Å². The van der Waals surface area contributed by atoms with Gasteiger partial charge in [-0.3, -0.25) is 9.59 Å². The predicted octanol–water partition coefficient (Wildman–Crippen LogP) is 1.05. The smallest absolute Gasteiger partial charge is 0.274 e. The summed E-state index contributed by atoms with van der Waals surface area (Å²) in [6.07, 6.45) is 4.21. The number of aryl methyl sites for hydroxylation is 1. The van der Waals surface area contributed by atoms with Crippen molar-refractivity contribution >= 4 is 17.5 Å². The van der Waals surface area contributed by atoms with Crippen LogP contribution in [-0.4, -0.2) is 52.5 Å². The fourth-order valence-electron chi connectivity index (χ4n) is 3.66. The molecule has 1 atom stereocenters. The summed E-state index contributed by atoms with van der Waals surface area (Å²) >= 11 is 0. The zero-order chi connectivity index (χ0) is 18.8. The number of carbonyl (C=O) groups excluding carboxylic acids is 2. The summed E-state index contributed by atoms with van der Waals surface area (Å²) in [7, 11) is 0. The van der Waals surface area contributed by atoms with Gasteiger partial charge in [-0.2, -0.15) is 0 Å². The van der Waals surface area contributed by atoms with Gasteiger partial charge in [0.15, 0.2) is 5.69 Å². The van der Waals surface area contributed by atoms with Crippen molar-refractivity contribution in [3.63, 3.8) is 0 Å². The van der Waals surface area contributed by atoms with Gasteiger partial charge in [0.2, 0.25) is 5.91 Å². The number of hydrogen-bond donors (Lipinski definition) is 2. The number of nitrogens with zero attached hydrogens (tertiary/aromatic N) is 4. The number of piperidine rings is 1. The molecule has 0 aliphatic carbocycles. The number of aromatic nitrogens is 3. The van der Waals surface area contributed by atoms with Crippen LogP contribution in [0.25, 0.3) is 0 Å². The third-order valence-electron chi connectivity index (χ3n) is 5.28. The molecule has 2 fully saturated rings. The van der Waals surface area contributed by atoms with E-state index in [4.69, 9.17) is 0 Å². The number of amides is 2. The highest BCUT2D eigenvalue weighted by Gasteiger charge is 2.34. The minimum absolute atomic E-state index is 0.0852. The van der Waals surface area contributed by atoms with Crippen LogP contribution < -0.4 is 15.5 Å². The second-order valence-electron chi connectivity index (χ2n) is 7.21. The quantitative estimate of drug-likeness (QED) is 0.841. The van der Waals surface area contributed by atoms with E-state index in [0.29, 0.717) is 13.0 Å². The van der Waals surface area contributed by atoms with Crippen molar-refractivity contribution in [3.8, 4) is 0 Å². The highest BCUT2D eigenvalue weighted by molar-refractivity contribution is 6.03. The van der Waals surface area contributed by atoms with Gasteiger partial charge in [0.1, 0.15) is 6.04 Å². The minimum atomic E-state index is -0.525. The van der Waals surface area contributed by atoms with E-state index in [2.05, 4.69) is 20.9 Å². The van der Waals surface area contributed by atoms with Crippen LogP contribution in [0.5, 0.6) is 0 Å². The zero-order valence-corrected chi connectivity index (χ0v) is 15.4. The van der Waals surface area contributed by atoms with Crippen LogP contribution in [0, 0.1) is 6.92 Å². The van der Waals surface area contributed by atoms with E-state index in [1.807, 2.05) is 31.2 Å². The fraction of sp³-hybridized carbons (Fsp3) is 0.474. The monoisotopic (exact) mass is 368 g/mol. The summed E-state index contributed by atoms with van der Waals surface area (Å²) in [4.78, 5) is 26.9. The van der Waals surface area contributed by atoms with Crippen LogP contribution in [0.2, 0.25) is 0 Å². The molecule has 0 saturated carbocycles. The Morgan fingerprint density at radius 1 is 1.19 bits per heavy atom. The third kappa shape index (κ3) is 3.71. The Morgan fingerprint density at radius 2 is 1.93 bits per heavy atom. The van der Waals surface area contributed by atoms with Gasteiger partial charge < -0.3 is 15.5 Å². The second kappa shape index (κ2) is 7.48. The highest BCUT2D eigenvalue weighted by atomic mass is 16.2. The average Bonchev–Trinajstić information content (AvgIpc) is 3.31. The molecule has 8 heteroatoms. The van der Waals surface area contributed by atoms with Gasteiger partial charge in [-0.15, -0.1) is 5.10 Å². The summed E-state index contributed by atoms with van der Waals surface area (Å²) in [6, 6.07) is 7.57. The molecule has 3 heterocycles. The molecule has 1 unspecified atom stereocenters. The minimum Gasteiger partial charge on any atom is -0.339 e. The first-order valence-electron chi connectivity index (χ1n) is 9.43. The normalized spacial score (nSPS) is 20.9. The summed E-state index contributed by atoms with van der Waals surface area (Å²) < 4.78 is 1.77. The lowest BCUT2D eigenvalue weighted by Crippen LogP contribution is -2.41. The number of anilines is 1. The van der Waals surface area contributed by atoms with Crippen molar-refractivity contribution in [2.24, 2.45) is 0 Å². The third-order valence-corrected chi connectivity index (χ3v) is 5.28. The Kier molecular flexibility index (Phi) is 4.89. The van der Waals surface area contributed by atoms with E-state index in [0.717, 1.165) is 37.2 Å². The van der Waals surface area contributed by atoms with Crippen molar-refractivity contribution in [2.45, 2.75) is 38.3 Å². The van der Waals surface area contributed by atoms with Crippen LogP contribution in [0.15, 0.2) is 30.5 Å². The lowest BCUT2D eigenvalue weighted by atomic mass is 10.1. The molecule has 1 aromatic heterocycles. The van der Waals surface area contributed by atoms with Crippen molar-refractivity contribution in [1.29, 1.82) is 0 Å². The van der Waals surface area contributed by atoms with Gasteiger partial charge in [-0.05, 0) is 51.4 Å². The molecule has 1 aromatic carbocycles. The number of hydrogen-bond acceptors (Lipinski definition) is 5. The van der Waals surface area contributed by atoms with Crippen LogP contribution in [0.4, 0.5) is 5.69 Å². The second-order valence-corrected chi connectivity index (χ2v) is 7.21. The Morgan fingerprint density at radius 3 is 2.67 bits per heavy atom. The van der Waals surface area contributed by atoms with Crippen LogP contribution >= 0.6 is 0 Å². The zero-order valence-electron chi connectivity index (χ0n) is 15.4. The molecule has 0 spiro atoms. The largest absolute Gasteiger partial charge is 0.339 e. The van der Waals surface area contributed by atoms with E-state index in [1.165, 1.54) is 0 Å². The van der Waals surface area contributed by atoms with Crippen molar-refractivity contribution in [2.75, 3.05) is 24.5 Å². The first-order chi connectivity index (χ1) is 13.1. The molecule has 8 nitrogen and oxygen atoms in total. The highest BCUT2D eigenvalue weighted by Crippen LogP contribution is 2.22. The average molecular weight is 368 g/mol. The van der Waals surface area contributed by atoms with E-state index < -0.39 is 6.04 Å². The molecule has 0 radical (unpaired) electrons. The van der Waals surface area contributed by atoms with Crippen molar-refractivity contribution in [1.82, 2.24) is 25.6 Å². The fourth-order valence-corrected chi connectivity index (χ4v) is 3.66. The predicted molar refractivity (Wildman–Crippen MR) is 101 cm³/mol. The lowest BCUT2D eigenvalue weighted by Gasteiger charge is -2.22. The number of benzene rings is 1. The first kappa shape index (κ1) is 17.7. The van der Waals surface area contributed by atoms with E-state index in [9.17, 15) is 9.59 Å². The van der Waals surface area contributed by atoms with Crippen LogP contribution in [-0.2, 0) is 4.79 Å². The Labute approximate surface area is 157 Å². The summed E-state index contributed by atoms with van der Waals surface area (Å²) in [5.41, 5.74) is 2.27. The number of rotatable bonds is 4. The molecule has 2 aromatic rings. The molecular weight excluding hydrogens is 344 g/mol. The van der Waals surface area contributed by atoms with E-state index in [1.54, 1.807) is 15.8 Å². The number of carbonyl (C=O) groups is 2. The van der Waals surface area contributed by atoms with E-state index >= 15 is 0 Å². The van der Waals surface area contributed by atoms with Crippen molar-refractivity contribution < 1.29 is 9.59 Å². The van der Waals surface area contributed by atoms with Gasteiger partial charge in [0.05, 0.1) is 12.2 Å². The molecular formula is C19H24N6O2. The van der Waals surface area contributed by atoms with Gasteiger partial charge in [-0.1, -0.05) is 22.9 Å². The SMILES string of the molecule is Cc1ccc(N2CCC(NC(=O)c3cn(C4CCNCC4)nn3)C2=O)cc1. The standard InChI is InChI=1S/C19H24N6O2/c1-13-2-4-14(5-3-13)24-11-8-16(19(24)27)21-18(26)17-12-25(23-22-17)15-6-9-20-10-7-15/h2-5,12,15-16,20H,6-11H2,1H3,(H,21,26). The molecule has 2 amide bonds. The molecule has 0 bridgehead atoms. The molecule has 2 saturated heterocycles. The Balaban J connectivity index is 1.39. The maximum Gasteiger partial charge on any atom is 0.274 e. The molecule has 2 N–H and O–H groups in total. The molecule has 2 aliphatic heterocycles. The Hall–Kier alpha value is -2.74. The van der Waals surface area contributed by atoms with Crippen LogP contribution in [0.3, 0.4) is 0 Å². The van der Waals surface area contributed by atoms with Crippen molar-refractivity contribution in [3.05, 3.63) is 41.7 Å². The van der Waals surface area contributed by atoms with Gasteiger partial charge >= 0.3 is 0 Å². The van der Waals surface area contributed by atoms with Gasteiger partial charge in [0.25, 0.3) is 5.91 Å². The summed E-state index contributed by atoms with van der Waals surface area (Å²) in [5, 5.41) is 14.2. The summed E-state index contributed by atoms with van der Waals surface area (Å²) in [6.45, 7) is 4.49. The maximum atomic E-state index is 12.7. The summed E-state index contributed by atoms with van der Waals surface area (Å²) in [5.74, 6) is -0.433. The van der Waals surface area contributed by atoms with Crippen LogP contribution in [0.1, 0.15) is 41.4 Å².